The van der Waals surface area contributed by atoms with Crippen molar-refractivity contribution in [2.24, 2.45) is 0 Å². The molecule has 44 heavy (non-hydrogen) atoms. The minimum Gasteiger partial charge on any atom is -0.0616 e. The topological polar surface area (TPSA) is 0 Å². The summed E-state index contributed by atoms with van der Waals surface area (Å²) in [6.07, 6.45) is 0. The van der Waals surface area contributed by atoms with Crippen molar-refractivity contribution in [3.05, 3.63) is 170 Å². The van der Waals surface area contributed by atoms with Crippen LogP contribution in [-0.4, -0.2) is 0 Å². The fraction of sp³-hybridized carbons (Fsp3) is 0. The van der Waals surface area contributed by atoms with E-state index in [1.54, 1.807) is 0 Å². The molecule has 204 valence electrons. The van der Waals surface area contributed by atoms with E-state index in [0.717, 1.165) is 0 Å². The van der Waals surface area contributed by atoms with Gasteiger partial charge in [-0.2, -0.15) is 0 Å². The zero-order chi connectivity index (χ0) is 29.0. The predicted octanol–water partition coefficient (Wildman–Crippen LogP) is 12.5. The van der Waals surface area contributed by atoms with Gasteiger partial charge in [-0.25, -0.2) is 0 Å². The molecule has 0 saturated carbocycles. The molecule has 0 unspecified atom stereocenters. The van der Waals surface area contributed by atoms with Crippen LogP contribution in [0.3, 0.4) is 0 Å². The van der Waals surface area contributed by atoms with Gasteiger partial charge in [0, 0.05) is 0 Å². The van der Waals surface area contributed by atoms with Gasteiger partial charge in [-0.3, -0.25) is 0 Å². The molecule has 9 aromatic rings. The van der Waals surface area contributed by atoms with Crippen LogP contribution >= 0.6 is 0 Å². The van der Waals surface area contributed by atoms with Gasteiger partial charge in [0.15, 0.2) is 0 Å². The molecule has 0 bridgehead atoms. The average Bonchev–Trinajstić information content (AvgIpc) is 3.10. The third-order valence-electron chi connectivity index (χ3n) is 9.18. The quantitative estimate of drug-likeness (QED) is 0.190. The number of rotatable bonds is 3. The summed E-state index contributed by atoms with van der Waals surface area (Å²) in [5, 5.41) is 12.7. The molecule has 0 heterocycles. The number of benzene rings is 9. The maximum atomic E-state index is 2.42. The summed E-state index contributed by atoms with van der Waals surface area (Å²) >= 11 is 0. The highest BCUT2D eigenvalue weighted by Gasteiger charge is 2.14. The summed E-state index contributed by atoms with van der Waals surface area (Å²) in [4.78, 5) is 0. The van der Waals surface area contributed by atoms with E-state index in [-0.39, 0.29) is 0 Å². The van der Waals surface area contributed by atoms with Gasteiger partial charge in [0.1, 0.15) is 0 Å². The Balaban J connectivity index is 1.35. The van der Waals surface area contributed by atoms with Crippen molar-refractivity contribution in [2.45, 2.75) is 0 Å². The fourth-order valence-corrected chi connectivity index (χ4v) is 6.95. The Bertz CT molecular complexity index is 2450. The molecule has 0 spiro atoms. The maximum Gasteiger partial charge on any atom is -0.00928 e. The second-order valence-electron chi connectivity index (χ2n) is 11.8. The lowest BCUT2D eigenvalue weighted by Gasteiger charge is -2.16. The molecule has 0 heteroatoms. The van der Waals surface area contributed by atoms with Crippen LogP contribution in [0.25, 0.3) is 87.2 Å². The zero-order valence-electron chi connectivity index (χ0n) is 24.2. The molecular weight excluding hydrogens is 528 g/mol. The average molecular weight is 557 g/mol. The largest absolute Gasteiger partial charge is 0.0616 e. The molecule has 0 aliphatic heterocycles. The summed E-state index contributed by atoms with van der Waals surface area (Å²) in [5.74, 6) is 0. The highest BCUT2D eigenvalue weighted by molar-refractivity contribution is 6.21. The maximum absolute atomic E-state index is 2.42. The molecule has 0 saturated heterocycles. The molecular formula is C44H28. The molecule has 9 aromatic carbocycles. The standard InChI is InChI=1S/C44H28/c1-3-12-32-23-34(19-17-29(32)9-1)36-25-37(35-20-18-30-10-2-4-13-33(30)24-35)27-38(26-36)43-28-44-39-14-6-5-11-31(39)21-22-42(44)40-15-7-8-16-41(40)43/h1-28H. The first-order valence-corrected chi connectivity index (χ1v) is 15.3. The molecule has 0 aliphatic rings. The summed E-state index contributed by atoms with van der Waals surface area (Å²) < 4.78 is 0. The van der Waals surface area contributed by atoms with Crippen LogP contribution in [-0.2, 0) is 0 Å². The van der Waals surface area contributed by atoms with Crippen molar-refractivity contribution >= 4 is 53.9 Å². The molecule has 0 amide bonds. The van der Waals surface area contributed by atoms with E-state index in [1.165, 1.54) is 87.2 Å². The summed E-state index contributed by atoms with van der Waals surface area (Å²) in [7, 11) is 0. The van der Waals surface area contributed by atoms with E-state index in [2.05, 4.69) is 170 Å². The number of fused-ring (bicyclic) bond motifs is 7. The van der Waals surface area contributed by atoms with Crippen LogP contribution in [0.1, 0.15) is 0 Å². The zero-order valence-corrected chi connectivity index (χ0v) is 24.2. The Morgan fingerprint density at radius 2 is 0.659 bits per heavy atom. The minimum absolute atomic E-state index is 1.22. The van der Waals surface area contributed by atoms with Crippen molar-refractivity contribution in [3.63, 3.8) is 0 Å². The summed E-state index contributed by atoms with van der Waals surface area (Å²) in [6, 6.07) is 62.6. The van der Waals surface area contributed by atoms with Gasteiger partial charge in [0.25, 0.3) is 0 Å². The van der Waals surface area contributed by atoms with E-state index in [9.17, 15) is 0 Å². The molecule has 0 aliphatic carbocycles. The van der Waals surface area contributed by atoms with Gasteiger partial charge in [-0.1, -0.05) is 133 Å². The smallest absolute Gasteiger partial charge is 0.00928 e. The second kappa shape index (κ2) is 9.93. The Kier molecular flexibility index (Phi) is 5.61. The van der Waals surface area contributed by atoms with Crippen molar-refractivity contribution < 1.29 is 0 Å². The van der Waals surface area contributed by atoms with Crippen molar-refractivity contribution in [2.75, 3.05) is 0 Å². The lowest BCUT2D eigenvalue weighted by Crippen LogP contribution is -1.89. The molecule has 0 N–H and O–H groups in total. The Morgan fingerprint density at radius 3 is 1.30 bits per heavy atom. The molecule has 0 atom stereocenters. The van der Waals surface area contributed by atoms with E-state index in [0.29, 0.717) is 0 Å². The van der Waals surface area contributed by atoms with Gasteiger partial charge in [-0.15, -0.1) is 0 Å². The van der Waals surface area contributed by atoms with Crippen LogP contribution in [0.2, 0.25) is 0 Å². The first-order valence-electron chi connectivity index (χ1n) is 15.3. The SMILES string of the molecule is c1ccc2cc(-c3cc(-c4ccc5ccccc5c4)cc(-c4cc5c6ccccc6ccc5c5ccccc45)c3)ccc2c1. The highest BCUT2D eigenvalue weighted by atomic mass is 14.2. The highest BCUT2D eigenvalue weighted by Crippen LogP contribution is 2.41. The lowest BCUT2D eigenvalue weighted by atomic mass is 9.88. The summed E-state index contributed by atoms with van der Waals surface area (Å²) in [5.41, 5.74) is 7.38. The van der Waals surface area contributed by atoms with E-state index >= 15 is 0 Å². The molecule has 0 nitrogen and oxygen atoms in total. The Morgan fingerprint density at radius 1 is 0.205 bits per heavy atom. The van der Waals surface area contributed by atoms with Gasteiger partial charge in [0.05, 0.1) is 0 Å². The van der Waals surface area contributed by atoms with Crippen LogP contribution in [0.4, 0.5) is 0 Å². The monoisotopic (exact) mass is 556 g/mol. The third kappa shape index (κ3) is 4.07. The van der Waals surface area contributed by atoms with E-state index < -0.39 is 0 Å². The second-order valence-corrected chi connectivity index (χ2v) is 11.8. The third-order valence-corrected chi connectivity index (χ3v) is 9.18. The van der Waals surface area contributed by atoms with Gasteiger partial charge in [-0.05, 0) is 124 Å². The Hall–Kier alpha value is -5.72. The van der Waals surface area contributed by atoms with Crippen molar-refractivity contribution in [3.8, 4) is 33.4 Å². The van der Waals surface area contributed by atoms with Crippen LogP contribution in [0.15, 0.2) is 170 Å². The van der Waals surface area contributed by atoms with Gasteiger partial charge < -0.3 is 0 Å². The fourth-order valence-electron chi connectivity index (χ4n) is 6.95. The minimum atomic E-state index is 1.22. The number of hydrogen-bond acceptors (Lipinski definition) is 0. The van der Waals surface area contributed by atoms with Gasteiger partial charge >= 0.3 is 0 Å². The first-order chi connectivity index (χ1) is 21.8. The van der Waals surface area contributed by atoms with Crippen LogP contribution < -0.4 is 0 Å². The lowest BCUT2D eigenvalue weighted by molar-refractivity contribution is 1.60. The van der Waals surface area contributed by atoms with Crippen molar-refractivity contribution in [1.82, 2.24) is 0 Å². The summed E-state index contributed by atoms with van der Waals surface area (Å²) in [6.45, 7) is 0. The number of hydrogen-bond donors (Lipinski definition) is 0. The predicted molar refractivity (Wildman–Crippen MR) is 190 cm³/mol. The first kappa shape index (κ1) is 24.8. The molecule has 0 radical (unpaired) electrons. The van der Waals surface area contributed by atoms with Crippen LogP contribution in [0.5, 0.6) is 0 Å². The molecule has 0 fully saturated rings. The molecule has 0 aromatic heterocycles. The van der Waals surface area contributed by atoms with E-state index in [4.69, 9.17) is 0 Å². The normalized spacial score (nSPS) is 11.6. The van der Waals surface area contributed by atoms with Crippen molar-refractivity contribution in [1.29, 1.82) is 0 Å². The van der Waals surface area contributed by atoms with E-state index in [1.807, 2.05) is 0 Å². The Labute approximate surface area is 256 Å². The van der Waals surface area contributed by atoms with Gasteiger partial charge in [0.2, 0.25) is 0 Å². The van der Waals surface area contributed by atoms with Crippen LogP contribution in [0, 0.1) is 0 Å². The molecule has 9 rings (SSSR count).